The molecule has 1 amide bonds. The van der Waals surface area contributed by atoms with Gasteiger partial charge in [0.05, 0.1) is 29.5 Å². The highest BCUT2D eigenvalue weighted by molar-refractivity contribution is 6.32. The number of aromatic nitrogens is 2. The smallest absolute Gasteiger partial charge is 0.238 e. The van der Waals surface area contributed by atoms with Gasteiger partial charge in [-0.25, -0.2) is 0 Å². The van der Waals surface area contributed by atoms with Crippen LogP contribution in [0.25, 0.3) is 21.8 Å². The Labute approximate surface area is 151 Å². The highest BCUT2D eigenvalue weighted by Crippen LogP contribution is 2.33. The molecule has 0 bridgehead atoms. The van der Waals surface area contributed by atoms with Gasteiger partial charge in [-0.05, 0) is 32.3 Å². The van der Waals surface area contributed by atoms with Crippen LogP contribution < -0.4 is 5.32 Å². The van der Waals surface area contributed by atoms with E-state index in [2.05, 4.69) is 15.3 Å². The first-order valence-electron chi connectivity index (χ1n) is 6.54. The number of halogens is 3. The Morgan fingerprint density at radius 2 is 2.04 bits per heavy atom. The van der Waals surface area contributed by atoms with E-state index in [0.29, 0.717) is 17.3 Å². The molecule has 0 saturated carbocycles. The van der Waals surface area contributed by atoms with E-state index in [1.54, 1.807) is 18.5 Å². The minimum Gasteiger partial charge on any atom is -0.352 e. The van der Waals surface area contributed by atoms with Crippen molar-refractivity contribution in [2.75, 3.05) is 26.0 Å². The van der Waals surface area contributed by atoms with Gasteiger partial charge in [0.2, 0.25) is 5.91 Å². The molecule has 8 heteroatoms. The molecule has 0 unspecified atom stereocenters. The van der Waals surface area contributed by atoms with Gasteiger partial charge < -0.3 is 15.2 Å². The Balaban J connectivity index is 0.00000132. The Hall–Kier alpha value is -1.53. The van der Waals surface area contributed by atoms with Crippen LogP contribution in [0, 0.1) is 0 Å². The number of amides is 1. The van der Waals surface area contributed by atoms with Crippen molar-refractivity contribution in [3.63, 3.8) is 0 Å². The maximum absolute atomic E-state index is 12.0. The lowest BCUT2D eigenvalue weighted by Gasteiger charge is -2.11. The number of fused-ring (bicyclic) bond motifs is 3. The molecule has 2 aromatic heterocycles. The number of carbonyl (C=O) groups is 1. The number of anilines is 1. The van der Waals surface area contributed by atoms with Crippen molar-refractivity contribution in [3.8, 4) is 0 Å². The van der Waals surface area contributed by atoms with E-state index in [4.69, 9.17) is 11.6 Å². The molecule has 2 N–H and O–H groups in total. The molecule has 3 aromatic rings. The predicted molar refractivity (Wildman–Crippen MR) is 100 cm³/mol. The molecule has 3 rings (SSSR count). The summed E-state index contributed by atoms with van der Waals surface area (Å²) in [6, 6.07) is 5.56. The highest BCUT2D eigenvalue weighted by Gasteiger charge is 2.12. The van der Waals surface area contributed by atoms with E-state index < -0.39 is 0 Å². The van der Waals surface area contributed by atoms with Crippen molar-refractivity contribution >= 4 is 69.8 Å². The molecular weight excluding hydrogens is 359 g/mol. The zero-order valence-corrected chi connectivity index (χ0v) is 15.0. The molecule has 124 valence electrons. The van der Waals surface area contributed by atoms with Crippen LogP contribution in [0.1, 0.15) is 0 Å². The predicted octanol–water partition coefficient (Wildman–Crippen LogP) is 3.71. The molecule has 0 aliphatic heterocycles. The second kappa shape index (κ2) is 7.84. The lowest BCUT2D eigenvalue weighted by atomic mass is 10.1. The maximum Gasteiger partial charge on any atom is 0.238 e. The number of pyridine rings is 1. The van der Waals surface area contributed by atoms with Crippen LogP contribution >= 0.6 is 36.4 Å². The Bertz CT molecular complexity index is 832. The first-order valence-corrected chi connectivity index (χ1v) is 6.92. The first kappa shape index (κ1) is 19.5. The maximum atomic E-state index is 12.0. The van der Waals surface area contributed by atoms with Crippen LogP contribution in [0.5, 0.6) is 0 Å². The van der Waals surface area contributed by atoms with Crippen molar-refractivity contribution < 1.29 is 4.79 Å². The van der Waals surface area contributed by atoms with E-state index in [9.17, 15) is 4.79 Å². The van der Waals surface area contributed by atoms with E-state index in [1.165, 1.54) is 0 Å². The van der Waals surface area contributed by atoms with Crippen molar-refractivity contribution in [2.45, 2.75) is 0 Å². The summed E-state index contributed by atoms with van der Waals surface area (Å²) in [5.41, 5.74) is 2.45. The molecule has 1 aromatic carbocycles. The van der Waals surface area contributed by atoms with Gasteiger partial charge in [0.1, 0.15) is 0 Å². The lowest BCUT2D eigenvalue weighted by molar-refractivity contribution is -0.116. The average Bonchev–Trinajstić information content (AvgIpc) is 2.77. The largest absolute Gasteiger partial charge is 0.352 e. The fourth-order valence-corrected chi connectivity index (χ4v) is 2.61. The average molecular weight is 376 g/mol. The summed E-state index contributed by atoms with van der Waals surface area (Å²) < 4.78 is 0. The van der Waals surface area contributed by atoms with Crippen LogP contribution in [0.3, 0.4) is 0 Å². The van der Waals surface area contributed by atoms with Gasteiger partial charge in [-0.15, -0.1) is 24.8 Å². The van der Waals surface area contributed by atoms with Crippen molar-refractivity contribution in [3.05, 3.63) is 35.6 Å². The number of H-pyrrole nitrogens is 1. The van der Waals surface area contributed by atoms with Gasteiger partial charge in [0.15, 0.2) is 0 Å². The van der Waals surface area contributed by atoms with E-state index in [1.807, 2.05) is 31.1 Å². The molecule has 0 atom stereocenters. The molecular formula is C15H17Cl3N4O. The number of hydrogen-bond donors (Lipinski definition) is 2. The number of nitrogens with zero attached hydrogens (tertiary/aromatic N) is 2. The van der Waals surface area contributed by atoms with E-state index in [-0.39, 0.29) is 30.7 Å². The second-order valence-corrected chi connectivity index (χ2v) is 5.64. The number of rotatable bonds is 3. The summed E-state index contributed by atoms with van der Waals surface area (Å²) in [5, 5.41) is 5.49. The third-order valence-electron chi connectivity index (χ3n) is 3.21. The molecule has 2 heterocycles. The molecule has 0 spiro atoms. The normalized spacial score (nSPS) is 10.4. The molecule has 0 aliphatic rings. The van der Waals surface area contributed by atoms with E-state index in [0.717, 1.165) is 21.8 Å². The number of aromatic amines is 1. The van der Waals surface area contributed by atoms with Gasteiger partial charge in [0.25, 0.3) is 0 Å². The van der Waals surface area contributed by atoms with Gasteiger partial charge in [0, 0.05) is 22.0 Å². The Morgan fingerprint density at radius 1 is 1.30 bits per heavy atom. The van der Waals surface area contributed by atoms with Crippen molar-refractivity contribution in [1.29, 1.82) is 0 Å². The number of hydrogen-bond acceptors (Lipinski definition) is 3. The van der Waals surface area contributed by atoms with E-state index >= 15 is 0 Å². The summed E-state index contributed by atoms with van der Waals surface area (Å²) in [5.74, 6) is -0.0830. The Morgan fingerprint density at radius 3 is 2.74 bits per heavy atom. The second-order valence-electron chi connectivity index (χ2n) is 5.21. The van der Waals surface area contributed by atoms with Gasteiger partial charge >= 0.3 is 0 Å². The summed E-state index contributed by atoms with van der Waals surface area (Å²) in [7, 11) is 3.70. The number of nitrogens with one attached hydrogen (secondary N) is 2. The van der Waals surface area contributed by atoms with Gasteiger partial charge in [-0.3, -0.25) is 9.78 Å². The molecule has 0 saturated heterocycles. The zero-order valence-electron chi connectivity index (χ0n) is 12.6. The minimum atomic E-state index is -0.0830. The van der Waals surface area contributed by atoms with Crippen LogP contribution in [-0.4, -0.2) is 41.4 Å². The van der Waals surface area contributed by atoms with Crippen LogP contribution in [0.2, 0.25) is 5.02 Å². The summed E-state index contributed by atoms with van der Waals surface area (Å²) >= 11 is 6.18. The molecule has 0 fully saturated rings. The lowest BCUT2D eigenvalue weighted by Crippen LogP contribution is -2.27. The molecule has 0 radical (unpaired) electrons. The third-order valence-corrected chi connectivity index (χ3v) is 3.43. The van der Waals surface area contributed by atoms with Crippen LogP contribution in [0.15, 0.2) is 30.6 Å². The zero-order chi connectivity index (χ0) is 15.0. The molecule has 0 aliphatic carbocycles. The fourth-order valence-electron chi connectivity index (χ4n) is 2.39. The summed E-state index contributed by atoms with van der Waals surface area (Å²) in [6.45, 7) is 0.315. The summed E-state index contributed by atoms with van der Waals surface area (Å²) in [4.78, 5) is 21.2. The minimum absolute atomic E-state index is 0. The van der Waals surface area contributed by atoms with Gasteiger partial charge in [-0.2, -0.15) is 0 Å². The van der Waals surface area contributed by atoms with Gasteiger partial charge in [-0.1, -0.05) is 11.6 Å². The highest BCUT2D eigenvalue weighted by atomic mass is 35.5. The monoisotopic (exact) mass is 374 g/mol. The number of carbonyl (C=O) groups excluding carboxylic acids is 1. The SMILES string of the molecule is CN(C)CC(=O)Nc1cc(Cl)cc2c1[nH]c1cnccc12.Cl.Cl. The topological polar surface area (TPSA) is 61.0 Å². The number of likely N-dealkylation sites (N-methyl/N-ethyl adjacent to an activating group) is 1. The quantitative estimate of drug-likeness (QED) is 0.733. The van der Waals surface area contributed by atoms with Crippen molar-refractivity contribution in [2.24, 2.45) is 0 Å². The van der Waals surface area contributed by atoms with Crippen LogP contribution in [-0.2, 0) is 4.79 Å². The summed E-state index contributed by atoms with van der Waals surface area (Å²) in [6.07, 6.45) is 3.50. The molecule has 23 heavy (non-hydrogen) atoms. The molecule has 5 nitrogen and oxygen atoms in total. The fraction of sp³-hybridized carbons (Fsp3) is 0.200. The van der Waals surface area contributed by atoms with Crippen LogP contribution in [0.4, 0.5) is 5.69 Å². The third kappa shape index (κ3) is 4.06. The Kier molecular flexibility index (Phi) is 6.65. The van der Waals surface area contributed by atoms with Crippen molar-refractivity contribution in [1.82, 2.24) is 14.9 Å². The number of benzene rings is 1. The standard InChI is InChI=1S/C15H15ClN4O.2ClH/c1-20(2)8-14(21)18-12-6-9(16)5-11-10-3-4-17-7-13(10)19-15(11)12;;/h3-7,19H,8H2,1-2H3,(H,18,21);2*1H. The first-order chi connectivity index (χ1) is 10.0.